The first-order valence-electron chi connectivity index (χ1n) is 5.51. The van der Waals surface area contributed by atoms with Crippen molar-refractivity contribution in [2.75, 3.05) is 13.6 Å². The van der Waals surface area contributed by atoms with E-state index in [-0.39, 0.29) is 0 Å². The van der Waals surface area contributed by atoms with Gasteiger partial charge < -0.3 is 4.90 Å². The maximum absolute atomic E-state index is 2.50. The van der Waals surface area contributed by atoms with Gasteiger partial charge in [0.15, 0.2) is 0 Å². The number of rotatable bonds is 3. The van der Waals surface area contributed by atoms with Crippen molar-refractivity contribution in [3.63, 3.8) is 0 Å². The number of nitrogens with zero attached hydrogens (tertiary/aromatic N) is 1. The Morgan fingerprint density at radius 2 is 2.08 bits per heavy atom. The molecule has 1 nitrogen and oxygen atoms in total. The van der Waals surface area contributed by atoms with Crippen molar-refractivity contribution >= 4 is 0 Å². The molecule has 0 radical (unpaired) electrons. The van der Waals surface area contributed by atoms with Gasteiger partial charge >= 0.3 is 0 Å². The molecule has 0 N–H and O–H groups in total. The Hall–Kier alpha value is -0.0400. The minimum absolute atomic E-state index is 0.979. The highest BCUT2D eigenvalue weighted by molar-refractivity contribution is 4.95. The highest BCUT2D eigenvalue weighted by atomic mass is 15.3. The summed E-state index contributed by atoms with van der Waals surface area (Å²) in [6.45, 7) is 3.69. The molecule has 0 bridgehead atoms. The molecule has 2 rings (SSSR count). The van der Waals surface area contributed by atoms with E-state index in [0.29, 0.717) is 0 Å². The van der Waals surface area contributed by atoms with Gasteiger partial charge in [0, 0.05) is 12.6 Å². The highest BCUT2D eigenvalue weighted by Gasteiger charge is 2.40. The third-order valence-electron chi connectivity index (χ3n) is 3.73. The lowest BCUT2D eigenvalue weighted by Gasteiger charge is -2.09. The zero-order valence-corrected chi connectivity index (χ0v) is 8.42. The van der Waals surface area contributed by atoms with Crippen LogP contribution >= 0.6 is 0 Å². The summed E-state index contributed by atoms with van der Waals surface area (Å²) in [5.41, 5.74) is 0. The lowest BCUT2D eigenvalue weighted by molar-refractivity contribution is 0.420. The topological polar surface area (TPSA) is 3.01 Å². The Labute approximate surface area is 76.1 Å². The fraction of sp³-hybridized carbons (Fsp3) is 1.00. The predicted octanol–water partition coefficient (Wildman–Crippen LogP) is 2.52. The van der Waals surface area contributed by atoms with Crippen LogP contribution in [0.4, 0.5) is 0 Å². The van der Waals surface area contributed by atoms with Crippen LogP contribution in [-0.2, 0) is 0 Å². The number of hydrogen-bond acceptors (Lipinski definition) is 1. The fourth-order valence-corrected chi connectivity index (χ4v) is 2.89. The van der Waals surface area contributed by atoms with Gasteiger partial charge in [-0.3, -0.25) is 0 Å². The Balaban J connectivity index is 1.75. The second-order valence-corrected chi connectivity index (χ2v) is 4.73. The lowest BCUT2D eigenvalue weighted by Crippen LogP contribution is -2.08. The summed E-state index contributed by atoms with van der Waals surface area (Å²) in [5.74, 6) is 2.14. The van der Waals surface area contributed by atoms with E-state index in [1.165, 1.54) is 38.6 Å². The van der Waals surface area contributed by atoms with Gasteiger partial charge in [-0.1, -0.05) is 26.2 Å². The molecule has 1 saturated heterocycles. The maximum Gasteiger partial charge on any atom is 0.0249 e. The van der Waals surface area contributed by atoms with Crippen molar-refractivity contribution in [1.29, 1.82) is 0 Å². The van der Waals surface area contributed by atoms with Crippen molar-refractivity contribution in [2.24, 2.45) is 11.8 Å². The largest absolute Gasteiger partial charge is 0.300 e. The number of likely N-dealkylation sites (N-methyl/N-ethyl adjacent to an activating group) is 1. The van der Waals surface area contributed by atoms with Crippen molar-refractivity contribution in [1.82, 2.24) is 4.90 Å². The summed E-state index contributed by atoms with van der Waals surface area (Å²) < 4.78 is 0. The maximum atomic E-state index is 2.50. The fourth-order valence-electron chi connectivity index (χ4n) is 2.89. The van der Waals surface area contributed by atoms with E-state index in [9.17, 15) is 0 Å². The van der Waals surface area contributed by atoms with Gasteiger partial charge in [0.1, 0.15) is 0 Å². The average molecular weight is 167 g/mol. The third-order valence-corrected chi connectivity index (χ3v) is 3.73. The van der Waals surface area contributed by atoms with Crippen LogP contribution in [0.3, 0.4) is 0 Å². The Morgan fingerprint density at radius 3 is 2.67 bits per heavy atom. The van der Waals surface area contributed by atoms with E-state index in [2.05, 4.69) is 18.9 Å². The molecular formula is C11H21N. The second-order valence-electron chi connectivity index (χ2n) is 4.73. The van der Waals surface area contributed by atoms with Crippen molar-refractivity contribution < 1.29 is 0 Å². The van der Waals surface area contributed by atoms with Crippen LogP contribution in [-0.4, -0.2) is 24.5 Å². The van der Waals surface area contributed by atoms with Crippen molar-refractivity contribution in [2.45, 2.75) is 45.1 Å². The standard InChI is InChI=1S/C11H21N/c1-3-4-9-5-6-10(7-9)11-8-12(11)2/h9-11H,3-8H2,1-2H3. The summed E-state index contributed by atoms with van der Waals surface area (Å²) in [7, 11) is 2.26. The Morgan fingerprint density at radius 1 is 1.33 bits per heavy atom. The molecule has 1 saturated carbocycles. The summed E-state index contributed by atoms with van der Waals surface area (Å²) in [6, 6.07) is 0.979. The van der Waals surface area contributed by atoms with Crippen LogP contribution in [0.5, 0.6) is 0 Å². The Bertz CT molecular complexity index is 155. The van der Waals surface area contributed by atoms with Crippen molar-refractivity contribution in [3.8, 4) is 0 Å². The molecule has 0 aromatic rings. The minimum Gasteiger partial charge on any atom is -0.300 e. The molecule has 1 heterocycles. The van der Waals surface area contributed by atoms with Crippen molar-refractivity contribution in [3.05, 3.63) is 0 Å². The van der Waals surface area contributed by atoms with E-state index in [1.54, 1.807) is 0 Å². The predicted molar refractivity (Wildman–Crippen MR) is 52.2 cm³/mol. The Kier molecular flexibility index (Phi) is 2.40. The van der Waals surface area contributed by atoms with Crippen LogP contribution in [0, 0.1) is 11.8 Å². The second kappa shape index (κ2) is 3.37. The van der Waals surface area contributed by atoms with Gasteiger partial charge in [0.05, 0.1) is 0 Å². The first-order chi connectivity index (χ1) is 5.81. The summed E-state index contributed by atoms with van der Waals surface area (Å²) >= 11 is 0. The first kappa shape index (κ1) is 8.55. The average Bonchev–Trinajstić information content (AvgIpc) is 2.62. The molecule has 70 valence electrons. The molecule has 0 spiro atoms. The summed E-state index contributed by atoms with van der Waals surface area (Å²) in [4.78, 5) is 2.50. The monoisotopic (exact) mass is 167 g/mol. The van der Waals surface area contributed by atoms with Crippen LogP contribution < -0.4 is 0 Å². The van der Waals surface area contributed by atoms with E-state index in [1.807, 2.05) is 0 Å². The van der Waals surface area contributed by atoms with E-state index in [0.717, 1.165) is 17.9 Å². The normalized spacial score (nSPS) is 46.5. The van der Waals surface area contributed by atoms with Gasteiger partial charge in [-0.15, -0.1) is 0 Å². The van der Waals surface area contributed by atoms with E-state index >= 15 is 0 Å². The van der Waals surface area contributed by atoms with E-state index in [4.69, 9.17) is 0 Å². The SMILES string of the molecule is CCCC1CCC(C2CN2C)C1. The van der Waals surface area contributed by atoms with Crippen LogP contribution in [0.25, 0.3) is 0 Å². The molecule has 1 aliphatic carbocycles. The quantitative estimate of drug-likeness (QED) is 0.584. The molecule has 4 unspecified atom stereocenters. The molecule has 0 aromatic carbocycles. The van der Waals surface area contributed by atoms with Crippen LogP contribution in [0.15, 0.2) is 0 Å². The molecule has 0 aromatic heterocycles. The van der Waals surface area contributed by atoms with Gasteiger partial charge in [-0.25, -0.2) is 0 Å². The molecule has 1 heteroatoms. The van der Waals surface area contributed by atoms with Gasteiger partial charge in [0.2, 0.25) is 0 Å². The smallest absolute Gasteiger partial charge is 0.0249 e. The molecule has 4 atom stereocenters. The minimum atomic E-state index is 0.979. The third kappa shape index (κ3) is 1.66. The van der Waals surface area contributed by atoms with Gasteiger partial charge in [0.25, 0.3) is 0 Å². The summed E-state index contributed by atoms with van der Waals surface area (Å²) in [6.07, 6.45) is 7.43. The molecular weight excluding hydrogens is 146 g/mol. The van der Waals surface area contributed by atoms with E-state index < -0.39 is 0 Å². The molecule has 12 heavy (non-hydrogen) atoms. The van der Waals surface area contributed by atoms with Crippen LogP contribution in [0.2, 0.25) is 0 Å². The van der Waals surface area contributed by atoms with Gasteiger partial charge in [-0.2, -0.15) is 0 Å². The summed E-state index contributed by atoms with van der Waals surface area (Å²) in [5, 5.41) is 0. The highest BCUT2D eigenvalue weighted by Crippen LogP contribution is 2.40. The number of hydrogen-bond donors (Lipinski definition) is 0. The lowest BCUT2D eigenvalue weighted by atomic mass is 9.99. The molecule has 0 amide bonds. The molecule has 2 aliphatic rings. The molecule has 1 aliphatic heterocycles. The zero-order chi connectivity index (χ0) is 8.55. The van der Waals surface area contributed by atoms with Crippen LogP contribution in [0.1, 0.15) is 39.0 Å². The first-order valence-corrected chi connectivity index (χ1v) is 5.51. The zero-order valence-electron chi connectivity index (χ0n) is 8.42. The molecule has 2 fully saturated rings. The van der Waals surface area contributed by atoms with Gasteiger partial charge in [-0.05, 0) is 31.7 Å².